The molecule has 1 aromatic carbocycles. The van der Waals surface area contributed by atoms with Crippen LogP contribution in [-0.2, 0) is 11.2 Å². The number of rotatable bonds is 5. The summed E-state index contributed by atoms with van der Waals surface area (Å²) in [7, 11) is 0. The standard InChI is InChI=1S/C12H15F3N2O.ClH/c13-12(14,15)10(17-11(18)6-7-16)8-9-4-2-1-3-5-9;/h1-5,10H,6-8,16H2,(H,17,18);1H. The van der Waals surface area contributed by atoms with Gasteiger partial charge in [0, 0.05) is 19.4 Å². The number of benzene rings is 1. The van der Waals surface area contributed by atoms with Gasteiger partial charge in [-0.25, -0.2) is 0 Å². The summed E-state index contributed by atoms with van der Waals surface area (Å²) in [4.78, 5) is 11.2. The lowest BCUT2D eigenvalue weighted by molar-refractivity contribution is -0.161. The van der Waals surface area contributed by atoms with Gasteiger partial charge in [-0.1, -0.05) is 30.3 Å². The Labute approximate surface area is 115 Å². The Morgan fingerprint density at radius 1 is 1.26 bits per heavy atom. The van der Waals surface area contributed by atoms with Gasteiger partial charge in [0.1, 0.15) is 6.04 Å². The molecule has 0 aliphatic carbocycles. The molecule has 3 nitrogen and oxygen atoms in total. The van der Waals surface area contributed by atoms with Gasteiger partial charge in [-0.05, 0) is 5.56 Å². The molecule has 1 aromatic rings. The highest BCUT2D eigenvalue weighted by molar-refractivity contribution is 5.85. The molecule has 1 atom stereocenters. The van der Waals surface area contributed by atoms with Gasteiger partial charge in [-0.15, -0.1) is 12.4 Å². The van der Waals surface area contributed by atoms with Crippen LogP contribution in [0.4, 0.5) is 13.2 Å². The number of carbonyl (C=O) groups excluding carboxylic acids is 1. The Morgan fingerprint density at radius 3 is 2.32 bits per heavy atom. The maximum absolute atomic E-state index is 12.8. The van der Waals surface area contributed by atoms with Crippen LogP contribution in [0.2, 0.25) is 0 Å². The van der Waals surface area contributed by atoms with Gasteiger partial charge in [-0.3, -0.25) is 4.79 Å². The van der Waals surface area contributed by atoms with Crippen LogP contribution in [0, 0.1) is 0 Å². The average molecular weight is 297 g/mol. The van der Waals surface area contributed by atoms with Crippen molar-refractivity contribution in [3.05, 3.63) is 35.9 Å². The van der Waals surface area contributed by atoms with Gasteiger partial charge < -0.3 is 11.1 Å². The lowest BCUT2D eigenvalue weighted by Gasteiger charge is -2.21. The molecule has 1 unspecified atom stereocenters. The molecule has 0 saturated carbocycles. The van der Waals surface area contributed by atoms with E-state index in [0.717, 1.165) is 0 Å². The zero-order valence-corrected chi connectivity index (χ0v) is 10.9. The van der Waals surface area contributed by atoms with Crippen molar-refractivity contribution < 1.29 is 18.0 Å². The first-order valence-electron chi connectivity index (χ1n) is 5.53. The van der Waals surface area contributed by atoms with Gasteiger partial charge in [0.05, 0.1) is 0 Å². The van der Waals surface area contributed by atoms with Crippen molar-refractivity contribution in [3.8, 4) is 0 Å². The van der Waals surface area contributed by atoms with Crippen molar-refractivity contribution in [1.29, 1.82) is 0 Å². The fourth-order valence-corrected chi connectivity index (χ4v) is 1.50. The van der Waals surface area contributed by atoms with Crippen molar-refractivity contribution in [2.45, 2.75) is 25.1 Å². The normalized spacial score (nSPS) is 12.4. The van der Waals surface area contributed by atoms with Crippen LogP contribution in [0.5, 0.6) is 0 Å². The van der Waals surface area contributed by atoms with Crippen LogP contribution in [0.15, 0.2) is 30.3 Å². The zero-order chi connectivity index (χ0) is 13.6. The second-order valence-electron chi connectivity index (χ2n) is 3.89. The molecule has 0 heterocycles. The molecule has 3 N–H and O–H groups in total. The molecule has 0 aliphatic heterocycles. The maximum Gasteiger partial charge on any atom is 0.408 e. The first-order valence-corrected chi connectivity index (χ1v) is 5.53. The molecule has 0 fully saturated rings. The first-order chi connectivity index (χ1) is 8.43. The fourth-order valence-electron chi connectivity index (χ4n) is 1.50. The molecule has 1 amide bonds. The van der Waals surface area contributed by atoms with Crippen LogP contribution in [0.25, 0.3) is 0 Å². The van der Waals surface area contributed by atoms with E-state index in [1.165, 1.54) is 0 Å². The van der Waals surface area contributed by atoms with E-state index in [-0.39, 0.29) is 31.8 Å². The van der Waals surface area contributed by atoms with Crippen LogP contribution in [0.3, 0.4) is 0 Å². The van der Waals surface area contributed by atoms with E-state index in [0.29, 0.717) is 5.56 Å². The van der Waals surface area contributed by atoms with Crippen molar-refractivity contribution in [2.75, 3.05) is 6.54 Å². The molecular weight excluding hydrogens is 281 g/mol. The highest BCUT2D eigenvalue weighted by atomic mass is 35.5. The van der Waals surface area contributed by atoms with Gasteiger partial charge in [-0.2, -0.15) is 13.2 Å². The quantitative estimate of drug-likeness (QED) is 0.874. The van der Waals surface area contributed by atoms with Crippen molar-refractivity contribution in [1.82, 2.24) is 5.32 Å². The molecular formula is C12H16ClF3N2O. The number of hydrogen-bond acceptors (Lipinski definition) is 2. The van der Waals surface area contributed by atoms with Gasteiger partial charge in [0.2, 0.25) is 5.91 Å². The molecule has 108 valence electrons. The highest BCUT2D eigenvalue weighted by Gasteiger charge is 2.40. The third-order valence-electron chi connectivity index (χ3n) is 2.38. The molecule has 0 radical (unpaired) electrons. The van der Waals surface area contributed by atoms with Crippen LogP contribution in [-0.4, -0.2) is 24.7 Å². The van der Waals surface area contributed by atoms with Gasteiger partial charge in [0.15, 0.2) is 0 Å². The second kappa shape index (κ2) is 8.01. The van der Waals surface area contributed by atoms with Crippen molar-refractivity contribution >= 4 is 18.3 Å². The van der Waals surface area contributed by atoms with Crippen LogP contribution >= 0.6 is 12.4 Å². The van der Waals surface area contributed by atoms with Gasteiger partial charge >= 0.3 is 6.18 Å². The number of carbonyl (C=O) groups is 1. The predicted molar refractivity (Wildman–Crippen MR) is 69.1 cm³/mol. The number of nitrogens with one attached hydrogen (secondary N) is 1. The molecule has 0 aliphatic rings. The lowest BCUT2D eigenvalue weighted by Crippen LogP contribution is -2.47. The van der Waals surface area contributed by atoms with E-state index in [2.05, 4.69) is 0 Å². The third-order valence-corrected chi connectivity index (χ3v) is 2.38. The molecule has 7 heteroatoms. The molecule has 1 rings (SSSR count). The maximum atomic E-state index is 12.8. The monoisotopic (exact) mass is 296 g/mol. The van der Waals surface area contributed by atoms with Crippen molar-refractivity contribution in [3.63, 3.8) is 0 Å². The zero-order valence-electron chi connectivity index (χ0n) is 10.1. The van der Waals surface area contributed by atoms with Gasteiger partial charge in [0.25, 0.3) is 0 Å². The van der Waals surface area contributed by atoms with Crippen molar-refractivity contribution in [2.24, 2.45) is 5.73 Å². The van der Waals surface area contributed by atoms with E-state index < -0.39 is 18.1 Å². The van der Waals surface area contributed by atoms with E-state index in [1.807, 2.05) is 5.32 Å². The minimum absolute atomic E-state index is 0. The van der Waals surface area contributed by atoms with E-state index in [9.17, 15) is 18.0 Å². The summed E-state index contributed by atoms with van der Waals surface area (Å²) in [6.45, 7) is 0.0295. The largest absolute Gasteiger partial charge is 0.408 e. The summed E-state index contributed by atoms with van der Waals surface area (Å²) in [6, 6.07) is 6.34. The van der Waals surface area contributed by atoms with Crippen LogP contribution < -0.4 is 11.1 Å². The summed E-state index contributed by atoms with van der Waals surface area (Å²) in [5.41, 5.74) is 5.65. The third kappa shape index (κ3) is 6.45. The van der Waals surface area contributed by atoms with Crippen LogP contribution in [0.1, 0.15) is 12.0 Å². The van der Waals surface area contributed by atoms with E-state index >= 15 is 0 Å². The summed E-state index contributed by atoms with van der Waals surface area (Å²) < 4.78 is 38.3. The molecule has 0 saturated heterocycles. The number of hydrogen-bond donors (Lipinski definition) is 2. The predicted octanol–water partition coefficient (Wildman–Crippen LogP) is 2.05. The average Bonchev–Trinajstić information content (AvgIpc) is 2.28. The van der Waals surface area contributed by atoms with E-state index in [4.69, 9.17) is 5.73 Å². The SMILES string of the molecule is Cl.NCCC(=O)NC(Cc1ccccc1)C(F)(F)F. The Morgan fingerprint density at radius 2 is 1.84 bits per heavy atom. The molecule has 0 spiro atoms. The minimum Gasteiger partial charge on any atom is -0.344 e. The lowest BCUT2D eigenvalue weighted by atomic mass is 10.1. The topological polar surface area (TPSA) is 55.1 Å². The van der Waals surface area contributed by atoms with E-state index in [1.54, 1.807) is 30.3 Å². The first kappa shape index (κ1) is 17.7. The molecule has 0 bridgehead atoms. The Balaban J connectivity index is 0.00000324. The smallest absolute Gasteiger partial charge is 0.344 e. The summed E-state index contributed by atoms with van der Waals surface area (Å²) >= 11 is 0. The summed E-state index contributed by atoms with van der Waals surface area (Å²) in [5.74, 6) is -0.684. The number of halogens is 4. The number of nitrogens with two attached hydrogens (primary N) is 1. The molecule has 0 aromatic heterocycles. The number of amides is 1. The highest BCUT2D eigenvalue weighted by Crippen LogP contribution is 2.23. The summed E-state index contributed by atoms with van der Waals surface area (Å²) in [5, 5.41) is 1.96. The second-order valence-corrected chi connectivity index (χ2v) is 3.89. The Bertz CT molecular complexity index is 384. The Hall–Kier alpha value is -1.27. The minimum atomic E-state index is -4.47. The summed E-state index contributed by atoms with van der Waals surface area (Å²) in [6.07, 6.45) is -4.86. The Kier molecular flexibility index (Phi) is 7.48. The number of alkyl halides is 3. The fraction of sp³-hybridized carbons (Fsp3) is 0.417. The molecule has 19 heavy (non-hydrogen) atoms.